The van der Waals surface area contributed by atoms with Crippen LogP contribution in [0.1, 0.15) is 68.6 Å². The van der Waals surface area contributed by atoms with Crippen molar-refractivity contribution < 1.29 is 9.50 Å². The second-order valence-corrected chi connectivity index (χ2v) is 10.8. The van der Waals surface area contributed by atoms with E-state index in [2.05, 4.69) is 18.9 Å². The molecule has 3 heterocycles. The first kappa shape index (κ1) is 28.9. The number of halogens is 1. The smallest absolute Gasteiger partial charge is 0.159 e. The molecule has 0 spiro atoms. The Bertz CT molecular complexity index is 1310. The number of aromatic nitrogens is 3. The van der Waals surface area contributed by atoms with Crippen LogP contribution in [0.15, 0.2) is 42.9 Å². The third-order valence-corrected chi connectivity index (χ3v) is 7.88. The zero-order chi connectivity index (χ0) is 28.1. The summed E-state index contributed by atoms with van der Waals surface area (Å²) in [5.74, 6) is 6.30. The van der Waals surface area contributed by atoms with Crippen molar-refractivity contribution in [3.8, 4) is 11.3 Å². The van der Waals surface area contributed by atoms with Crippen molar-refractivity contribution in [1.29, 1.82) is 0 Å². The molecule has 4 rings (SSSR count). The first-order valence-corrected chi connectivity index (χ1v) is 14.1. The molecule has 1 fully saturated rings. The Morgan fingerprint density at radius 1 is 1.26 bits per heavy atom. The van der Waals surface area contributed by atoms with Crippen LogP contribution in [0.3, 0.4) is 0 Å². The Morgan fingerprint density at radius 2 is 2.00 bits per heavy atom. The van der Waals surface area contributed by atoms with Crippen molar-refractivity contribution >= 4 is 16.7 Å². The molecule has 1 aliphatic heterocycles. The number of fused-ring (bicyclic) bond motifs is 1. The van der Waals surface area contributed by atoms with Crippen LogP contribution in [0.5, 0.6) is 0 Å². The summed E-state index contributed by atoms with van der Waals surface area (Å²) >= 11 is 0. The Balaban J connectivity index is 1.74. The van der Waals surface area contributed by atoms with Crippen molar-refractivity contribution in [3.63, 3.8) is 0 Å². The maximum atomic E-state index is 15.5. The van der Waals surface area contributed by atoms with Crippen molar-refractivity contribution in [2.75, 3.05) is 26.7 Å². The summed E-state index contributed by atoms with van der Waals surface area (Å²) in [7, 11) is 4.10. The van der Waals surface area contributed by atoms with Gasteiger partial charge in [-0.25, -0.2) is 20.2 Å². The molecule has 8 heteroatoms. The normalized spacial score (nSPS) is 16.5. The highest BCUT2D eigenvalue weighted by Gasteiger charge is 2.22. The predicted molar refractivity (Wildman–Crippen MR) is 157 cm³/mol. The summed E-state index contributed by atoms with van der Waals surface area (Å²) in [6.45, 7) is 8.12. The van der Waals surface area contributed by atoms with Gasteiger partial charge in [0, 0.05) is 48.8 Å². The number of nitrogens with two attached hydrogens (primary N) is 1. The standard InChI is InChI=1S/C31H43FN6O/c1-6-8-22(12-15-39)29-21(3)16-24(17-27(29)32)28-18-34-31-30(35-28)26(20-37(31)5)23(9-7-2)19-38(33)25-10-13-36(4)14-11-25/h7,9,16-20,22,25,39H,6,8,10-15,33H2,1-5H3/b9-7+,23-19+. The van der Waals surface area contributed by atoms with Crippen molar-refractivity contribution in [1.82, 2.24) is 24.4 Å². The van der Waals surface area contributed by atoms with Crippen molar-refractivity contribution in [3.05, 3.63) is 65.4 Å². The molecular weight excluding hydrogens is 491 g/mol. The number of hydrogen-bond donors (Lipinski definition) is 2. The van der Waals surface area contributed by atoms with Crippen LogP contribution in [-0.2, 0) is 7.05 Å². The highest BCUT2D eigenvalue weighted by molar-refractivity contribution is 5.92. The lowest BCUT2D eigenvalue weighted by atomic mass is 9.87. The number of likely N-dealkylation sites (tertiary alicyclic amines) is 1. The van der Waals surface area contributed by atoms with E-state index in [1.165, 1.54) is 0 Å². The van der Waals surface area contributed by atoms with Gasteiger partial charge in [-0.15, -0.1) is 0 Å². The lowest BCUT2D eigenvalue weighted by Crippen LogP contribution is -2.44. The number of aliphatic hydroxyl groups is 1. The van der Waals surface area contributed by atoms with Crippen molar-refractivity contribution in [2.24, 2.45) is 12.9 Å². The second-order valence-electron chi connectivity index (χ2n) is 10.8. The lowest BCUT2D eigenvalue weighted by Gasteiger charge is -2.34. The minimum Gasteiger partial charge on any atom is -0.396 e. The molecule has 39 heavy (non-hydrogen) atoms. The summed E-state index contributed by atoms with van der Waals surface area (Å²) < 4.78 is 17.5. The molecule has 1 aromatic carbocycles. The van der Waals surface area contributed by atoms with Crippen LogP contribution in [0, 0.1) is 12.7 Å². The summed E-state index contributed by atoms with van der Waals surface area (Å²) in [5.41, 5.74) is 6.29. The van der Waals surface area contributed by atoms with Crippen LogP contribution in [0.25, 0.3) is 28.0 Å². The monoisotopic (exact) mass is 534 g/mol. The molecule has 0 aliphatic carbocycles. The van der Waals surface area contributed by atoms with Crippen LogP contribution in [-0.4, -0.2) is 62.3 Å². The van der Waals surface area contributed by atoms with Crippen LogP contribution in [0.4, 0.5) is 4.39 Å². The zero-order valence-electron chi connectivity index (χ0n) is 24.0. The number of nitrogens with zero attached hydrogens (tertiary/aromatic N) is 5. The summed E-state index contributed by atoms with van der Waals surface area (Å²) in [6.07, 6.45) is 14.2. The van der Waals surface area contributed by atoms with E-state index in [1.807, 2.05) is 61.1 Å². The lowest BCUT2D eigenvalue weighted by molar-refractivity contribution is 0.163. The minimum atomic E-state index is -0.251. The van der Waals surface area contributed by atoms with E-state index < -0.39 is 0 Å². The summed E-state index contributed by atoms with van der Waals surface area (Å²) in [6, 6.07) is 3.83. The Labute approximate surface area is 231 Å². The fourth-order valence-corrected chi connectivity index (χ4v) is 5.79. The molecule has 1 unspecified atom stereocenters. The third kappa shape index (κ3) is 6.40. The fourth-order valence-electron chi connectivity index (χ4n) is 5.79. The van der Waals surface area contributed by atoms with Gasteiger partial charge in [0.15, 0.2) is 5.65 Å². The molecule has 0 bridgehead atoms. The van der Waals surface area contributed by atoms with Gasteiger partial charge < -0.3 is 19.6 Å². The molecule has 3 aromatic rings. The quantitative estimate of drug-likeness (QED) is 0.202. The highest BCUT2D eigenvalue weighted by atomic mass is 19.1. The summed E-state index contributed by atoms with van der Waals surface area (Å²) in [5, 5.41) is 11.4. The van der Waals surface area contributed by atoms with E-state index in [0.29, 0.717) is 23.2 Å². The maximum Gasteiger partial charge on any atom is 0.159 e. The third-order valence-electron chi connectivity index (χ3n) is 7.88. The first-order chi connectivity index (χ1) is 18.8. The Hall–Kier alpha value is -3.07. The topological polar surface area (TPSA) is 83.4 Å². The summed E-state index contributed by atoms with van der Waals surface area (Å²) in [4.78, 5) is 12.0. The largest absolute Gasteiger partial charge is 0.396 e. The van der Waals surface area contributed by atoms with Gasteiger partial charge in [-0.2, -0.15) is 0 Å². The Kier molecular flexibility index (Phi) is 9.53. The van der Waals surface area contributed by atoms with Crippen LogP contribution in [0.2, 0.25) is 0 Å². The van der Waals surface area contributed by atoms with E-state index in [-0.39, 0.29) is 24.4 Å². The molecule has 3 N–H and O–H groups in total. The number of rotatable bonds is 10. The van der Waals surface area contributed by atoms with Gasteiger partial charge in [0.05, 0.1) is 11.9 Å². The number of hydrazine groups is 1. The Morgan fingerprint density at radius 3 is 2.64 bits per heavy atom. The van der Waals surface area contributed by atoms with Gasteiger partial charge in [0.25, 0.3) is 0 Å². The van der Waals surface area contributed by atoms with E-state index in [0.717, 1.165) is 66.6 Å². The van der Waals surface area contributed by atoms with E-state index in [1.54, 1.807) is 12.3 Å². The predicted octanol–water partition coefficient (Wildman–Crippen LogP) is 5.54. The highest BCUT2D eigenvalue weighted by Crippen LogP contribution is 2.34. The maximum absolute atomic E-state index is 15.5. The average Bonchev–Trinajstić information content (AvgIpc) is 3.24. The molecule has 1 aliphatic rings. The molecule has 2 aromatic heterocycles. The van der Waals surface area contributed by atoms with E-state index >= 15 is 4.39 Å². The van der Waals surface area contributed by atoms with Crippen LogP contribution >= 0.6 is 0 Å². The number of piperidine rings is 1. The van der Waals surface area contributed by atoms with Gasteiger partial charge in [0.2, 0.25) is 0 Å². The van der Waals surface area contributed by atoms with E-state index in [4.69, 9.17) is 15.8 Å². The van der Waals surface area contributed by atoms with Gasteiger partial charge in [-0.3, -0.25) is 0 Å². The SMILES string of the molecule is C/C=C/C(=C\N(N)C1CCN(C)CC1)c1cn(C)c2ncc(-c3cc(C)c(C(CCC)CCO)c(F)c3)nc12. The number of benzene rings is 1. The molecular formula is C31H43FN6O. The average molecular weight is 535 g/mol. The molecule has 0 saturated carbocycles. The van der Waals surface area contributed by atoms with Gasteiger partial charge in [-0.05, 0) is 88.8 Å². The number of hydrogen-bond acceptors (Lipinski definition) is 6. The molecule has 1 saturated heterocycles. The number of allylic oxidation sites excluding steroid dienone is 3. The first-order valence-electron chi connectivity index (χ1n) is 14.1. The van der Waals surface area contributed by atoms with E-state index in [9.17, 15) is 5.11 Å². The molecule has 0 radical (unpaired) electrons. The minimum absolute atomic E-state index is 0.000592. The molecule has 210 valence electrons. The van der Waals surface area contributed by atoms with Crippen LogP contribution < -0.4 is 5.84 Å². The van der Waals surface area contributed by atoms with Gasteiger partial charge in [0.1, 0.15) is 11.3 Å². The van der Waals surface area contributed by atoms with Gasteiger partial charge in [-0.1, -0.05) is 25.5 Å². The zero-order valence-corrected chi connectivity index (χ0v) is 24.0. The fraction of sp³-hybridized carbons (Fsp3) is 0.484. The molecule has 7 nitrogen and oxygen atoms in total. The number of aryl methyl sites for hydroxylation is 2. The number of aliphatic hydroxyl groups excluding tert-OH is 1. The van der Waals surface area contributed by atoms with Crippen molar-refractivity contribution in [2.45, 2.75) is 64.8 Å². The molecule has 1 atom stereocenters. The van der Waals surface area contributed by atoms with Gasteiger partial charge >= 0.3 is 0 Å². The second kappa shape index (κ2) is 12.9. The molecule has 0 amide bonds.